The Bertz CT molecular complexity index is 503. The van der Waals surface area contributed by atoms with Crippen LogP contribution in [0, 0.1) is 0 Å². The third-order valence-corrected chi connectivity index (χ3v) is 3.43. The van der Waals surface area contributed by atoms with Gasteiger partial charge >= 0.3 is 0 Å². The number of hydrogen-bond donors (Lipinski definition) is 2. The summed E-state index contributed by atoms with van der Waals surface area (Å²) in [5.41, 5.74) is 10.00. The van der Waals surface area contributed by atoms with E-state index in [4.69, 9.17) is 5.73 Å². The van der Waals surface area contributed by atoms with E-state index < -0.39 is 0 Å². The molecule has 1 aromatic heterocycles. The number of nitrogen functional groups attached to an aromatic ring is 1. The van der Waals surface area contributed by atoms with Gasteiger partial charge in [-0.25, -0.2) is 0 Å². The number of nitrogens with zero attached hydrogens (tertiary/aromatic N) is 1. The molecule has 0 atom stereocenters. The number of rotatable bonds is 4. The Morgan fingerprint density at radius 3 is 2.44 bits per heavy atom. The van der Waals surface area contributed by atoms with Crippen molar-refractivity contribution in [2.45, 2.75) is 19.9 Å². The van der Waals surface area contributed by atoms with Crippen LogP contribution in [0.2, 0.25) is 0 Å². The summed E-state index contributed by atoms with van der Waals surface area (Å²) in [7, 11) is 0. The van der Waals surface area contributed by atoms with Crippen molar-refractivity contribution in [1.82, 2.24) is 4.98 Å². The van der Waals surface area contributed by atoms with Gasteiger partial charge in [-0.05, 0) is 33.5 Å². The van der Waals surface area contributed by atoms with Crippen LogP contribution in [0.1, 0.15) is 18.1 Å². The largest absolute Gasteiger partial charge is 0.396 e. The Morgan fingerprint density at radius 1 is 1.17 bits per heavy atom. The molecule has 3 N–H and O–H groups in total. The first-order chi connectivity index (χ1) is 8.70. The Labute approximate surface area is 116 Å². The molecule has 4 heteroatoms. The first kappa shape index (κ1) is 12.9. The second-order valence-corrected chi connectivity index (χ2v) is 4.96. The molecule has 0 radical (unpaired) electrons. The lowest BCUT2D eigenvalue weighted by Crippen LogP contribution is -2.03. The zero-order chi connectivity index (χ0) is 13.0. The smallest absolute Gasteiger partial charge is 0.0752 e. The highest BCUT2D eigenvalue weighted by Gasteiger charge is 2.04. The number of aryl methyl sites for hydroxylation is 1. The fraction of sp³-hybridized carbons (Fsp3) is 0.214. The van der Waals surface area contributed by atoms with E-state index in [0.717, 1.165) is 23.1 Å². The number of anilines is 2. The maximum atomic E-state index is 5.88. The molecule has 94 valence electrons. The summed E-state index contributed by atoms with van der Waals surface area (Å²) in [6.07, 6.45) is 4.45. The average molecular weight is 306 g/mol. The van der Waals surface area contributed by atoms with E-state index in [2.05, 4.69) is 57.4 Å². The highest BCUT2D eigenvalue weighted by molar-refractivity contribution is 9.10. The topological polar surface area (TPSA) is 50.9 Å². The molecule has 3 nitrogen and oxygen atoms in total. The molecule has 0 fully saturated rings. The molecule has 0 saturated carbocycles. The van der Waals surface area contributed by atoms with E-state index in [1.807, 2.05) is 0 Å². The molecule has 0 amide bonds. The molecule has 0 bridgehead atoms. The van der Waals surface area contributed by atoms with Crippen LogP contribution >= 0.6 is 15.9 Å². The van der Waals surface area contributed by atoms with Crippen LogP contribution in [0.25, 0.3) is 0 Å². The monoisotopic (exact) mass is 305 g/mol. The van der Waals surface area contributed by atoms with Gasteiger partial charge < -0.3 is 11.1 Å². The van der Waals surface area contributed by atoms with Crippen LogP contribution in [0.3, 0.4) is 0 Å². The van der Waals surface area contributed by atoms with Gasteiger partial charge in [0.1, 0.15) is 0 Å². The lowest BCUT2D eigenvalue weighted by Gasteiger charge is -2.11. The number of nitrogens with one attached hydrogen (secondary N) is 1. The van der Waals surface area contributed by atoms with E-state index in [1.54, 1.807) is 12.4 Å². The number of benzene rings is 1. The van der Waals surface area contributed by atoms with Gasteiger partial charge in [-0.15, -0.1) is 0 Å². The number of pyridine rings is 1. The lowest BCUT2D eigenvalue weighted by molar-refractivity contribution is 1.10. The molecule has 18 heavy (non-hydrogen) atoms. The highest BCUT2D eigenvalue weighted by Crippen LogP contribution is 2.27. The van der Waals surface area contributed by atoms with Gasteiger partial charge in [0, 0.05) is 12.7 Å². The van der Waals surface area contributed by atoms with Crippen LogP contribution in [0.5, 0.6) is 0 Å². The van der Waals surface area contributed by atoms with Crippen molar-refractivity contribution in [1.29, 1.82) is 0 Å². The van der Waals surface area contributed by atoms with Gasteiger partial charge in [-0.1, -0.05) is 31.2 Å². The Kier molecular flexibility index (Phi) is 4.20. The van der Waals surface area contributed by atoms with Crippen LogP contribution in [-0.4, -0.2) is 4.98 Å². The number of aromatic nitrogens is 1. The van der Waals surface area contributed by atoms with Crippen LogP contribution in [0.4, 0.5) is 11.4 Å². The van der Waals surface area contributed by atoms with Crippen molar-refractivity contribution in [3.8, 4) is 0 Å². The maximum absolute atomic E-state index is 5.88. The minimum absolute atomic E-state index is 0.648. The van der Waals surface area contributed by atoms with E-state index in [0.29, 0.717) is 5.69 Å². The second-order valence-electron chi connectivity index (χ2n) is 4.11. The summed E-state index contributed by atoms with van der Waals surface area (Å²) in [5.74, 6) is 0. The van der Waals surface area contributed by atoms with E-state index in [-0.39, 0.29) is 0 Å². The third-order valence-electron chi connectivity index (χ3n) is 2.83. The summed E-state index contributed by atoms with van der Waals surface area (Å²) >= 11 is 3.44. The van der Waals surface area contributed by atoms with Crippen molar-refractivity contribution in [3.63, 3.8) is 0 Å². The van der Waals surface area contributed by atoms with Crippen LogP contribution in [0.15, 0.2) is 41.1 Å². The fourth-order valence-electron chi connectivity index (χ4n) is 1.72. The Morgan fingerprint density at radius 2 is 1.83 bits per heavy atom. The Hall–Kier alpha value is -1.55. The van der Waals surface area contributed by atoms with E-state index >= 15 is 0 Å². The minimum Gasteiger partial charge on any atom is -0.396 e. The molecule has 2 aromatic rings. The van der Waals surface area contributed by atoms with Gasteiger partial charge in [-0.3, -0.25) is 4.98 Å². The molecule has 0 aliphatic carbocycles. The van der Waals surface area contributed by atoms with Crippen molar-refractivity contribution in [3.05, 3.63) is 52.3 Å². The molecule has 0 spiro atoms. The van der Waals surface area contributed by atoms with Gasteiger partial charge in [0.2, 0.25) is 0 Å². The normalized spacial score (nSPS) is 10.3. The molecule has 2 rings (SSSR count). The van der Waals surface area contributed by atoms with Crippen molar-refractivity contribution in [2.75, 3.05) is 11.1 Å². The molecule has 0 saturated heterocycles. The summed E-state index contributed by atoms with van der Waals surface area (Å²) in [6.45, 7) is 2.90. The molecule has 0 aliphatic heterocycles. The molecule has 1 heterocycles. The number of hydrogen-bond acceptors (Lipinski definition) is 3. The van der Waals surface area contributed by atoms with Crippen LogP contribution in [-0.2, 0) is 13.0 Å². The predicted octanol–water partition coefficient (Wildman–Crippen LogP) is 3.60. The average Bonchev–Trinajstić information content (AvgIpc) is 2.39. The van der Waals surface area contributed by atoms with Gasteiger partial charge in [0.15, 0.2) is 0 Å². The molecule has 0 aliphatic rings. The Balaban J connectivity index is 2.06. The molecular formula is C14H16BrN3. The quantitative estimate of drug-likeness (QED) is 0.907. The van der Waals surface area contributed by atoms with Gasteiger partial charge in [0.25, 0.3) is 0 Å². The number of nitrogens with two attached hydrogens (primary N) is 1. The maximum Gasteiger partial charge on any atom is 0.0752 e. The molecular weight excluding hydrogens is 290 g/mol. The third kappa shape index (κ3) is 3.01. The second kappa shape index (κ2) is 5.87. The minimum atomic E-state index is 0.648. The zero-order valence-corrected chi connectivity index (χ0v) is 11.9. The van der Waals surface area contributed by atoms with E-state index in [1.165, 1.54) is 11.1 Å². The first-order valence-corrected chi connectivity index (χ1v) is 6.70. The van der Waals surface area contributed by atoms with Gasteiger partial charge in [-0.2, -0.15) is 0 Å². The highest BCUT2D eigenvalue weighted by atomic mass is 79.9. The van der Waals surface area contributed by atoms with Crippen molar-refractivity contribution < 1.29 is 0 Å². The predicted molar refractivity (Wildman–Crippen MR) is 79.5 cm³/mol. The first-order valence-electron chi connectivity index (χ1n) is 5.91. The summed E-state index contributed by atoms with van der Waals surface area (Å²) in [6, 6.07) is 8.58. The lowest BCUT2D eigenvalue weighted by atomic mass is 10.1. The number of halogens is 1. The summed E-state index contributed by atoms with van der Waals surface area (Å²) < 4.78 is 0.882. The molecule has 1 aromatic carbocycles. The summed E-state index contributed by atoms with van der Waals surface area (Å²) in [5, 5.41) is 3.32. The van der Waals surface area contributed by atoms with E-state index in [9.17, 15) is 0 Å². The fourth-order valence-corrected chi connectivity index (χ4v) is 2.21. The van der Waals surface area contributed by atoms with Crippen molar-refractivity contribution >= 4 is 27.3 Å². The van der Waals surface area contributed by atoms with Gasteiger partial charge in [0.05, 0.1) is 22.0 Å². The molecule has 0 unspecified atom stereocenters. The standard InChI is InChI=1S/C14H16BrN3/c1-2-10-3-5-11(6-4-10)7-18-14-12(15)8-17-9-13(14)16/h3-6,8-9H,2,7,16H2,1H3,(H,17,18). The zero-order valence-electron chi connectivity index (χ0n) is 10.3. The SMILES string of the molecule is CCc1ccc(CNc2c(N)cncc2Br)cc1. The summed E-state index contributed by atoms with van der Waals surface area (Å²) in [4.78, 5) is 4.01. The van der Waals surface area contributed by atoms with Crippen LogP contribution < -0.4 is 11.1 Å². The van der Waals surface area contributed by atoms with Crippen molar-refractivity contribution in [2.24, 2.45) is 0 Å².